The zero-order valence-electron chi connectivity index (χ0n) is 14.8. The molecule has 0 aliphatic heterocycles. The third kappa shape index (κ3) is 4.57. The van der Waals surface area contributed by atoms with Crippen molar-refractivity contribution in [2.45, 2.75) is 6.54 Å². The van der Waals surface area contributed by atoms with Crippen molar-refractivity contribution in [1.82, 2.24) is 9.97 Å². The van der Waals surface area contributed by atoms with Gasteiger partial charge in [-0.3, -0.25) is 14.8 Å². The highest BCUT2D eigenvalue weighted by molar-refractivity contribution is 6.04. The summed E-state index contributed by atoms with van der Waals surface area (Å²) in [7, 11) is 3.95. The number of benzene rings is 1. The highest BCUT2D eigenvalue weighted by Crippen LogP contribution is 2.17. The lowest BCUT2D eigenvalue weighted by atomic mass is 10.2. The van der Waals surface area contributed by atoms with E-state index in [4.69, 9.17) is 0 Å². The van der Waals surface area contributed by atoms with Crippen LogP contribution in [-0.4, -0.2) is 30.0 Å². The first kappa shape index (κ1) is 17.4. The first-order valence-electron chi connectivity index (χ1n) is 8.28. The Bertz CT molecular complexity index is 863. The van der Waals surface area contributed by atoms with Crippen molar-refractivity contribution in [2.24, 2.45) is 0 Å². The zero-order valence-corrected chi connectivity index (χ0v) is 14.8. The highest BCUT2D eigenvalue weighted by Gasteiger charge is 2.08. The molecule has 6 heteroatoms. The SMILES string of the molecule is CN(C)c1ccc(NC(=O)c2cncc(NCc3ccncc3)c2)cc1. The van der Waals surface area contributed by atoms with Crippen LogP contribution in [0.25, 0.3) is 0 Å². The van der Waals surface area contributed by atoms with Gasteiger partial charge in [0, 0.05) is 56.8 Å². The number of aromatic nitrogens is 2. The van der Waals surface area contributed by atoms with Crippen molar-refractivity contribution in [3.05, 3.63) is 78.4 Å². The van der Waals surface area contributed by atoms with E-state index in [9.17, 15) is 4.79 Å². The van der Waals surface area contributed by atoms with Crippen LogP contribution in [0.1, 0.15) is 15.9 Å². The van der Waals surface area contributed by atoms with Gasteiger partial charge in [-0.1, -0.05) is 0 Å². The second-order valence-corrected chi connectivity index (χ2v) is 6.07. The molecule has 0 atom stereocenters. The van der Waals surface area contributed by atoms with E-state index < -0.39 is 0 Å². The van der Waals surface area contributed by atoms with E-state index >= 15 is 0 Å². The van der Waals surface area contributed by atoms with Gasteiger partial charge < -0.3 is 15.5 Å². The third-order valence-electron chi connectivity index (χ3n) is 3.89. The minimum atomic E-state index is -0.192. The lowest BCUT2D eigenvalue weighted by Crippen LogP contribution is -2.13. The maximum Gasteiger partial charge on any atom is 0.257 e. The number of nitrogens with zero attached hydrogens (tertiary/aromatic N) is 3. The van der Waals surface area contributed by atoms with Gasteiger partial charge in [0.25, 0.3) is 5.91 Å². The second kappa shape index (κ2) is 8.11. The summed E-state index contributed by atoms with van der Waals surface area (Å²) in [6.45, 7) is 0.640. The van der Waals surface area contributed by atoms with Crippen molar-refractivity contribution in [2.75, 3.05) is 29.6 Å². The fraction of sp³-hybridized carbons (Fsp3) is 0.150. The number of anilines is 3. The Balaban J connectivity index is 1.64. The summed E-state index contributed by atoms with van der Waals surface area (Å²) in [5, 5.41) is 6.16. The summed E-state index contributed by atoms with van der Waals surface area (Å²) in [4.78, 5) is 22.6. The molecular formula is C20H21N5O. The predicted molar refractivity (Wildman–Crippen MR) is 105 cm³/mol. The molecular weight excluding hydrogens is 326 g/mol. The number of amides is 1. The molecule has 0 saturated heterocycles. The van der Waals surface area contributed by atoms with Crippen LogP contribution in [0.4, 0.5) is 17.1 Å². The maximum atomic E-state index is 12.5. The highest BCUT2D eigenvalue weighted by atomic mass is 16.1. The average molecular weight is 347 g/mol. The fourth-order valence-corrected chi connectivity index (χ4v) is 2.41. The van der Waals surface area contributed by atoms with Crippen molar-refractivity contribution in [1.29, 1.82) is 0 Å². The Morgan fingerprint density at radius 3 is 2.38 bits per heavy atom. The van der Waals surface area contributed by atoms with Crippen LogP contribution in [-0.2, 0) is 6.54 Å². The summed E-state index contributed by atoms with van der Waals surface area (Å²) >= 11 is 0. The second-order valence-electron chi connectivity index (χ2n) is 6.07. The van der Waals surface area contributed by atoms with Crippen molar-refractivity contribution < 1.29 is 4.79 Å². The van der Waals surface area contributed by atoms with Crippen LogP contribution < -0.4 is 15.5 Å². The Hall–Kier alpha value is -3.41. The predicted octanol–water partition coefficient (Wildman–Crippen LogP) is 3.41. The molecule has 0 unspecified atom stereocenters. The molecule has 3 aromatic rings. The van der Waals surface area contributed by atoms with E-state index in [0.29, 0.717) is 12.1 Å². The molecule has 0 fully saturated rings. The molecule has 6 nitrogen and oxygen atoms in total. The number of hydrogen-bond acceptors (Lipinski definition) is 5. The Kier molecular flexibility index (Phi) is 5.43. The molecule has 0 spiro atoms. The maximum absolute atomic E-state index is 12.5. The number of pyridine rings is 2. The summed E-state index contributed by atoms with van der Waals surface area (Å²) in [5.74, 6) is -0.192. The number of carbonyl (C=O) groups excluding carboxylic acids is 1. The van der Waals surface area contributed by atoms with Crippen molar-refractivity contribution in [3.63, 3.8) is 0 Å². The summed E-state index contributed by atoms with van der Waals surface area (Å²) in [6.07, 6.45) is 6.76. The number of hydrogen-bond donors (Lipinski definition) is 2. The number of carbonyl (C=O) groups is 1. The molecule has 1 aromatic carbocycles. The van der Waals surface area contributed by atoms with E-state index in [-0.39, 0.29) is 5.91 Å². The molecule has 2 heterocycles. The molecule has 2 aromatic heterocycles. The van der Waals surface area contributed by atoms with E-state index in [1.54, 1.807) is 30.9 Å². The van der Waals surface area contributed by atoms with Crippen LogP contribution in [0, 0.1) is 0 Å². The molecule has 2 N–H and O–H groups in total. The summed E-state index contributed by atoms with van der Waals surface area (Å²) < 4.78 is 0. The molecule has 1 amide bonds. The Morgan fingerprint density at radius 1 is 0.962 bits per heavy atom. The average Bonchev–Trinajstić information content (AvgIpc) is 2.68. The molecule has 0 aliphatic carbocycles. The quantitative estimate of drug-likeness (QED) is 0.715. The van der Waals surface area contributed by atoms with Crippen LogP contribution in [0.2, 0.25) is 0 Å². The standard InChI is InChI=1S/C20H21N5O/c1-25(2)19-5-3-17(4-6-19)24-20(26)16-11-18(14-22-13-16)23-12-15-7-9-21-10-8-15/h3-11,13-14,23H,12H2,1-2H3,(H,24,26). The molecule has 26 heavy (non-hydrogen) atoms. The number of nitrogens with one attached hydrogen (secondary N) is 2. The first-order chi connectivity index (χ1) is 12.6. The minimum Gasteiger partial charge on any atom is -0.380 e. The monoisotopic (exact) mass is 347 g/mol. The normalized spacial score (nSPS) is 10.2. The van der Waals surface area contributed by atoms with Gasteiger partial charge in [-0.15, -0.1) is 0 Å². The van der Waals surface area contributed by atoms with E-state index in [2.05, 4.69) is 20.6 Å². The van der Waals surface area contributed by atoms with E-state index in [1.165, 1.54) is 0 Å². The van der Waals surface area contributed by atoms with Gasteiger partial charge in [-0.05, 0) is 48.0 Å². The lowest BCUT2D eigenvalue weighted by Gasteiger charge is -2.13. The summed E-state index contributed by atoms with van der Waals surface area (Å²) in [5.41, 5.74) is 4.22. The van der Waals surface area contributed by atoms with Gasteiger partial charge in [-0.2, -0.15) is 0 Å². The molecule has 0 aliphatic rings. The molecule has 0 bridgehead atoms. The number of rotatable bonds is 6. The van der Waals surface area contributed by atoms with Crippen LogP contribution in [0.5, 0.6) is 0 Å². The smallest absolute Gasteiger partial charge is 0.257 e. The third-order valence-corrected chi connectivity index (χ3v) is 3.89. The Morgan fingerprint density at radius 2 is 1.69 bits per heavy atom. The van der Waals surface area contributed by atoms with Gasteiger partial charge in [0.05, 0.1) is 11.3 Å². The fourth-order valence-electron chi connectivity index (χ4n) is 2.41. The van der Waals surface area contributed by atoms with Gasteiger partial charge >= 0.3 is 0 Å². The van der Waals surface area contributed by atoms with Crippen molar-refractivity contribution >= 4 is 23.0 Å². The Labute approximate surface area is 152 Å². The largest absolute Gasteiger partial charge is 0.380 e. The lowest BCUT2D eigenvalue weighted by molar-refractivity contribution is 0.102. The molecule has 0 radical (unpaired) electrons. The van der Waals surface area contributed by atoms with Crippen molar-refractivity contribution in [3.8, 4) is 0 Å². The van der Waals surface area contributed by atoms with Gasteiger partial charge in [-0.25, -0.2) is 0 Å². The summed E-state index contributed by atoms with van der Waals surface area (Å²) in [6, 6.07) is 13.3. The van der Waals surface area contributed by atoms with Gasteiger partial charge in [0.2, 0.25) is 0 Å². The van der Waals surface area contributed by atoms with Gasteiger partial charge in [0.1, 0.15) is 0 Å². The molecule has 132 valence electrons. The molecule has 3 rings (SSSR count). The van der Waals surface area contributed by atoms with E-state index in [0.717, 1.165) is 22.6 Å². The van der Waals surface area contributed by atoms with E-state index in [1.807, 2.05) is 55.4 Å². The van der Waals surface area contributed by atoms with Gasteiger partial charge in [0.15, 0.2) is 0 Å². The van der Waals surface area contributed by atoms with Crippen LogP contribution in [0.3, 0.4) is 0 Å². The topological polar surface area (TPSA) is 70.2 Å². The first-order valence-corrected chi connectivity index (χ1v) is 8.28. The zero-order chi connectivity index (χ0) is 18.4. The molecule has 0 saturated carbocycles. The van der Waals surface area contributed by atoms with Crippen LogP contribution in [0.15, 0.2) is 67.3 Å². The minimum absolute atomic E-state index is 0.192. The van der Waals surface area contributed by atoms with Crippen LogP contribution >= 0.6 is 0 Å².